The van der Waals surface area contributed by atoms with Crippen molar-refractivity contribution in [2.45, 2.75) is 37.4 Å². The van der Waals surface area contributed by atoms with Gasteiger partial charge >= 0.3 is 0 Å². The monoisotopic (exact) mass is 469 g/mol. The van der Waals surface area contributed by atoms with E-state index in [0.29, 0.717) is 17.3 Å². The highest BCUT2D eigenvalue weighted by atomic mass is 35.5. The second kappa shape index (κ2) is 11.5. The lowest BCUT2D eigenvalue weighted by atomic mass is 10.1. The lowest BCUT2D eigenvalue weighted by molar-refractivity contribution is -0.118. The summed E-state index contributed by atoms with van der Waals surface area (Å²) in [6.07, 6.45) is 4.55. The number of benzene rings is 2. The fourth-order valence-corrected chi connectivity index (χ4v) is 4.76. The van der Waals surface area contributed by atoms with Crippen LogP contribution >= 0.6 is 23.4 Å². The van der Waals surface area contributed by atoms with Crippen LogP contribution in [0.4, 0.5) is 0 Å². The maximum Gasteiger partial charge on any atom is 0.230 e. The molecule has 0 atom stereocenters. The standard InChI is InChI=1S/C24H28ClN5OS/c25-20-9-11-21(12-10-20)30-22(17-29-15-5-2-6-16-29)27-28-24(30)32-18-23(31)26-14-13-19-7-3-1-4-8-19/h1,3-4,7-12H,2,5-6,13-18H2,(H,26,31). The van der Waals surface area contributed by atoms with E-state index in [4.69, 9.17) is 11.6 Å². The zero-order valence-electron chi connectivity index (χ0n) is 18.0. The van der Waals surface area contributed by atoms with Gasteiger partial charge in [-0.1, -0.05) is 60.1 Å². The Morgan fingerprint density at radius 2 is 1.75 bits per heavy atom. The molecule has 2 heterocycles. The third-order valence-corrected chi connectivity index (χ3v) is 6.69. The average Bonchev–Trinajstić information content (AvgIpc) is 3.22. The van der Waals surface area contributed by atoms with Crippen LogP contribution in [0.25, 0.3) is 5.69 Å². The molecule has 8 heteroatoms. The van der Waals surface area contributed by atoms with Gasteiger partial charge in [-0.15, -0.1) is 10.2 Å². The van der Waals surface area contributed by atoms with Gasteiger partial charge in [-0.25, -0.2) is 0 Å². The molecular weight excluding hydrogens is 442 g/mol. The summed E-state index contributed by atoms with van der Waals surface area (Å²) in [5, 5.41) is 13.3. The molecule has 0 unspecified atom stereocenters. The van der Waals surface area contributed by atoms with Crippen LogP contribution in [-0.4, -0.2) is 51.0 Å². The van der Waals surface area contributed by atoms with E-state index in [1.165, 1.54) is 36.6 Å². The van der Waals surface area contributed by atoms with Crippen LogP contribution < -0.4 is 5.32 Å². The minimum absolute atomic E-state index is 0.00540. The molecule has 1 aromatic heterocycles. The first-order valence-corrected chi connectivity index (χ1v) is 12.4. The number of thioether (sulfide) groups is 1. The van der Waals surface area contributed by atoms with Crippen molar-refractivity contribution in [1.29, 1.82) is 0 Å². The summed E-state index contributed by atoms with van der Waals surface area (Å²) in [6.45, 7) is 3.53. The Balaban J connectivity index is 1.40. The number of hydrogen-bond acceptors (Lipinski definition) is 5. The molecule has 1 N–H and O–H groups in total. The first kappa shape index (κ1) is 22.8. The number of carbonyl (C=O) groups excluding carboxylic acids is 1. The molecule has 1 aliphatic heterocycles. The summed E-state index contributed by atoms with van der Waals surface area (Å²) in [6, 6.07) is 17.8. The van der Waals surface area contributed by atoms with E-state index >= 15 is 0 Å². The molecule has 3 aromatic rings. The van der Waals surface area contributed by atoms with Crippen LogP contribution in [0.1, 0.15) is 30.7 Å². The van der Waals surface area contributed by atoms with Gasteiger partial charge in [-0.05, 0) is 62.2 Å². The van der Waals surface area contributed by atoms with Crippen molar-refractivity contribution < 1.29 is 4.79 Å². The van der Waals surface area contributed by atoms with Crippen molar-refractivity contribution in [3.8, 4) is 5.69 Å². The Morgan fingerprint density at radius 1 is 1.00 bits per heavy atom. The number of halogens is 1. The number of piperidine rings is 1. The van der Waals surface area contributed by atoms with E-state index < -0.39 is 0 Å². The highest BCUT2D eigenvalue weighted by Gasteiger charge is 2.19. The molecule has 0 saturated carbocycles. The Morgan fingerprint density at radius 3 is 2.50 bits per heavy atom. The van der Waals surface area contributed by atoms with Gasteiger partial charge in [0.1, 0.15) is 0 Å². The lowest BCUT2D eigenvalue weighted by Crippen LogP contribution is -2.30. The van der Waals surface area contributed by atoms with E-state index in [1.807, 2.05) is 47.0 Å². The second-order valence-corrected chi connectivity index (χ2v) is 9.30. The highest BCUT2D eigenvalue weighted by Crippen LogP contribution is 2.24. The molecule has 0 bridgehead atoms. The summed E-state index contributed by atoms with van der Waals surface area (Å²) in [5.41, 5.74) is 2.17. The van der Waals surface area contributed by atoms with Gasteiger partial charge in [0, 0.05) is 17.3 Å². The van der Waals surface area contributed by atoms with E-state index in [-0.39, 0.29) is 5.91 Å². The third kappa shape index (κ3) is 6.34. The summed E-state index contributed by atoms with van der Waals surface area (Å²) in [5.74, 6) is 1.18. The van der Waals surface area contributed by atoms with Gasteiger partial charge in [0.15, 0.2) is 11.0 Å². The lowest BCUT2D eigenvalue weighted by Gasteiger charge is -2.26. The van der Waals surface area contributed by atoms with Gasteiger partial charge in [-0.3, -0.25) is 14.3 Å². The van der Waals surface area contributed by atoms with E-state index in [1.54, 1.807) is 0 Å². The van der Waals surface area contributed by atoms with Crippen LogP contribution in [-0.2, 0) is 17.8 Å². The Labute approximate surface area is 198 Å². The van der Waals surface area contributed by atoms with Crippen LogP contribution in [0.3, 0.4) is 0 Å². The molecule has 2 aromatic carbocycles. The Kier molecular flexibility index (Phi) is 8.20. The Hall–Kier alpha value is -2.35. The molecule has 4 rings (SSSR count). The molecule has 1 aliphatic rings. The fourth-order valence-electron chi connectivity index (χ4n) is 3.84. The number of likely N-dealkylation sites (tertiary alicyclic amines) is 1. The quantitative estimate of drug-likeness (QED) is 0.472. The topological polar surface area (TPSA) is 63.1 Å². The zero-order valence-corrected chi connectivity index (χ0v) is 19.6. The number of aromatic nitrogens is 3. The normalized spacial score (nSPS) is 14.4. The summed E-state index contributed by atoms with van der Waals surface area (Å²) < 4.78 is 2.05. The van der Waals surface area contributed by atoms with Crippen molar-refractivity contribution in [2.24, 2.45) is 0 Å². The van der Waals surface area contributed by atoms with E-state index in [9.17, 15) is 4.79 Å². The highest BCUT2D eigenvalue weighted by molar-refractivity contribution is 7.99. The minimum Gasteiger partial charge on any atom is -0.355 e. The SMILES string of the molecule is O=C(CSc1nnc(CN2CCCCC2)n1-c1ccc(Cl)cc1)NCCc1ccccc1. The van der Waals surface area contributed by atoms with E-state index in [0.717, 1.165) is 42.7 Å². The van der Waals surface area contributed by atoms with Crippen molar-refractivity contribution in [1.82, 2.24) is 25.0 Å². The average molecular weight is 470 g/mol. The van der Waals surface area contributed by atoms with Crippen molar-refractivity contribution in [3.05, 3.63) is 71.0 Å². The van der Waals surface area contributed by atoms with Gasteiger partial charge in [-0.2, -0.15) is 0 Å². The van der Waals surface area contributed by atoms with Gasteiger partial charge in [0.2, 0.25) is 5.91 Å². The summed E-state index contributed by atoms with van der Waals surface area (Å²) in [7, 11) is 0. The largest absolute Gasteiger partial charge is 0.355 e. The first-order chi connectivity index (χ1) is 15.7. The van der Waals surface area contributed by atoms with Crippen LogP contribution in [0.2, 0.25) is 5.02 Å². The molecule has 1 amide bonds. The van der Waals surface area contributed by atoms with Crippen LogP contribution in [0.15, 0.2) is 59.8 Å². The van der Waals surface area contributed by atoms with Gasteiger partial charge < -0.3 is 5.32 Å². The zero-order chi connectivity index (χ0) is 22.2. The number of nitrogens with one attached hydrogen (secondary N) is 1. The number of amides is 1. The maximum atomic E-state index is 12.4. The third-order valence-electron chi connectivity index (χ3n) is 5.51. The van der Waals surface area contributed by atoms with Gasteiger partial charge in [0.05, 0.1) is 12.3 Å². The Bertz CT molecular complexity index is 1000. The minimum atomic E-state index is -0.00540. The first-order valence-electron chi connectivity index (χ1n) is 11.0. The van der Waals surface area contributed by atoms with Crippen LogP contribution in [0.5, 0.6) is 0 Å². The molecule has 0 radical (unpaired) electrons. The number of hydrogen-bond donors (Lipinski definition) is 1. The van der Waals surface area contributed by atoms with Crippen LogP contribution in [0, 0.1) is 0 Å². The molecule has 1 fully saturated rings. The number of carbonyl (C=O) groups is 1. The molecular formula is C24H28ClN5OS. The molecule has 1 saturated heterocycles. The predicted octanol–water partition coefficient (Wildman–Crippen LogP) is 4.36. The smallest absolute Gasteiger partial charge is 0.230 e. The predicted molar refractivity (Wildman–Crippen MR) is 129 cm³/mol. The number of nitrogens with zero attached hydrogens (tertiary/aromatic N) is 4. The van der Waals surface area contributed by atoms with Crippen molar-refractivity contribution in [3.63, 3.8) is 0 Å². The molecule has 0 spiro atoms. The maximum absolute atomic E-state index is 12.4. The summed E-state index contributed by atoms with van der Waals surface area (Å²) in [4.78, 5) is 14.8. The summed E-state index contributed by atoms with van der Waals surface area (Å²) >= 11 is 7.51. The molecule has 32 heavy (non-hydrogen) atoms. The number of rotatable bonds is 9. The van der Waals surface area contributed by atoms with Crippen molar-refractivity contribution in [2.75, 3.05) is 25.4 Å². The van der Waals surface area contributed by atoms with Gasteiger partial charge in [0.25, 0.3) is 0 Å². The van der Waals surface area contributed by atoms with Crippen molar-refractivity contribution >= 4 is 29.3 Å². The molecule has 168 valence electrons. The van der Waals surface area contributed by atoms with E-state index in [2.05, 4.69) is 32.5 Å². The molecule has 0 aliphatic carbocycles. The second-order valence-electron chi connectivity index (χ2n) is 7.92. The fraction of sp³-hybridized carbons (Fsp3) is 0.375. The molecule has 6 nitrogen and oxygen atoms in total.